The summed E-state index contributed by atoms with van der Waals surface area (Å²) in [5, 5.41) is 10.7. The molecular weight excluding hydrogens is 668 g/mol. The zero-order valence-electron chi connectivity index (χ0n) is 26.3. The molecule has 3 aromatic rings. The molecule has 1 atom stereocenters. The van der Waals surface area contributed by atoms with Gasteiger partial charge in [0.2, 0.25) is 0 Å². The van der Waals surface area contributed by atoms with Gasteiger partial charge in [-0.2, -0.15) is 0 Å². The normalized spacial score (nSPS) is 17.3. The Morgan fingerprint density at radius 2 is 1.60 bits per heavy atom. The summed E-state index contributed by atoms with van der Waals surface area (Å²) in [6.07, 6.45) is 3.26. The third-order valence-corrected chi connectivity index (χ3v) is 9.09. The zero-order chi connectivity index (χ0) is 32.4. The summed E-state index contributed by atoms with van der Waals surface area (Å²) in [5.41, 5.74) is 6.52. The van der Waals surface area contributed by atoms with E-state index < -0.39 is 18.4 Å². The molecule has 0 spiro atoms. The molecule has 1 saturated heterocycles. The topological polar surface area (TPSA) is 55.6 Å². The minimum absolute atomic E-state index is 0.00360. The Hall–Kier alpha value is -2.53. The first-order valence-electron chi connectivity index (χ1n) is 14.4. The molecule has 0 aromatic heterocycles. The number of nitro groups is 1. The molecule has 1 fully saturated rings. The molecule has 0 radical (unpaired) electrons. The van der Waals surface area contributed by atoms with Gasteiger partial charge in [-0.1, -0.05) is 74.9 Å². The Morgan fingerprint density at radius 3 is 2.09 bits per heavy atom. The molecule has 1 aliphatic rings. The average molecular weight is 714 g/mol. The zero-order valence-corrected chi connectivity index (χ0v) is 29.6. The number of rotatable bonds is 8. The minimum Gasteiger partial charge on any atom is -0.517 e. The Morgan fingerprint density at radius 1 is 1.02 bits per heavy atom. The summed E-state index contributed by atoms with van der Waals surface area (Å²) in [6.45, 7) is 23.9. The van der Waals surface area contributed by atoms with Crippen LogP contribution >= 0.6 is 19.4 Å². The molecule has 8 heteroatoms. The van der Waals surface area contributed by atoms with Crippen molar-refractivity contribution < 1.29 is 23.2 Å². The molecule has 1 unspecified atom stereocenters. The molecule has 0 aliphatic carbocycles. The molecule has 43 heavy (non-hydrogen) atoms. The van der Waals surface area contributed by atoms with E-state index in [4.69, 9.17) is 24.1 Å². The van der Waals surface area contributed by atoms with Crippen LogP contribution in [-0.4, -0.2) is 21.2 Å². The molecule has 5 nitrogen and oxygen atoms in total. The van der Waals surface area contributed by atoms with Gasteiger partial charge in [-0.3, -0.25) is 0 Å². The number of hydrogen-bond acceptors (Lipinski definition) is 4. The summed E-state index contributed by atoms with van der Waals surface area (Å²) >= 11 is -2.05. The summed E-state index contributed by atoms with van der Waals surface area (Å²) in [5.74, 6) is 0.561. The first-order chi connectivity index (χ1) is 20.3. The van der Waals surface area contributed by atoms with E-state index in [-0.39, 0.29) is 22.7 Å². The second kappa shape index (κ2) is 16.5. The third kappa shape index (κ3) is 9.73. The summed E-state index contributed by atoms with van der Waals surface area (Å²) in [4.78, 5) is 12.8. The van der Waals surface area contributed by atoms with E-state index in [1.807, 2.05) is 13.8 Å². The Labute approximate surface area is 271 Å². The van der Waals surface area contributed by atoms with Crippen molar-refractivity contribution in [2.75, 3.05) is 4.90 Å². The van der Waals surface area contributed by atoms with Gasteiger partial charge in [-0.25, -0.2) is 6.54 Å². The van der Waals surface area contributed by atoms with Crippen molar-refractivity contribution >= 4 is 35.4 Å². The van der Waals surface area contributed by atoms with Crippen LogP contribution in [0.3, 0.4) is 0 Å². The number of ether oxygens (including phenoxy) is 1. The second-order valence-electron chi connectivity index (χ2n) is 11.4. The monoisotopic (exact) mass is 713 g/mol. The summed E-state index contributed by atoms with van der Waals surface area (Å²) < 4.78 is 7.17. The number of benzene rings is 3. The minimum atomic E-state index is -2.05. The summed E-state index contributed by atoms with van der Waals surface area (Å²) in [6, 6.07) is 22.1. The van der Waals surface area contributed by atoms with Gasteiger partial charge in [0, 0.05) is 11.2 Å². The second-order valence-corrected chi connectivity index (χ2v) is 17.1. The van der Waals surface area contributed by atoms with E-state index in [9.17, 15) is 10.1 Å². The quantitative estimate of drug-likeness (QED) is 0.0767. The summed E-state index contributed by atoms with van der Waals surface area (Å²) in [7, 11) is 11.6. The molecule has 0 saturated carbocycles. The molecule has 0 bridgehead atoms. The Bertz CT molecular complexity index is 1370. The predicted molar refractivity (Wildman–Crippen MR) is 181 cm³/mol. The maximum atomic E-state index is 10.7. The van der Waals surface area contributed by atoms with E-state index in [0.29, 0.717) is 11.3 Å². The smallest absolute Gasteiger partial charge is 0.0140 e. The van der Waals surface area contributed by atoms with Crippen LogP contribution in [0.1, 0.15) is 77.1 Å². The van der Waals surface area contributed by atoms with Crippen LogP contribution in [0.4, 0.5) is 11.4 Å². The van der Waals surface area contributed by atoms with Gasteiger partial charge >= 0.3 is 112 Å². The Balaban J connectivity index is 0.000000300. The van der Waals surface area contributed by atoms with Crippen molar-refractivity contribution in [3.63, 3.8) is 0 Å². The number of aryl methyl sites for hydroxylation is 2. The molecule has 0 N–H and O–H groups in total. The number of nitrogens with zero attached hydrogens (tertiary/aromatic N) is 2. The van der Waals surface area contributed by atoms with Gasteiger partial charge in [-0.05, 0) is 44.2 Å². The van der Waals surface area contributed by atoms with Crippen LogP contribution in [0.2, 0.25) is 0 Å². The van der Waals surface area contributed by atoms with Gasteiger partial charge in [0.05, 0.1) is 0 Å². The van der Waals surface area contributed by atoms with E-state index in [1.165, 1.54) is 34.5 Å². The maximum absolute atomic E-state index is 10.7. The fourth-order valence-electron chi connectivity index (χ4n) is 5.55. The van der Waals surface area contributed by atoms with Crippen molar-refractivity contribution in [2.24, 2.45) is 0 Å². The molecule has 3 aromatic carbocycles. The maximum Gasteiger partial charge on any atom is 0.0140 e. The van der Waals surface area contributed by atoms with Crippen molar-refractivity contribution in [2.45, 2.75) is 84.8 Å². The largest absolute Gasteiger partial charge is 0.517 e. The van der Waals surface area contributed by atoms with Gasteiger partial charge in [0.1, 0.15) is 0 Å². The van der Waals surface area contributed by atoms with Crippen LogP contribution in [0, 0.1) is 16.7 Å². The molecule has 1 aliphatic heterocycles. The fraction of sp³-hybridized carbons (Fsp3) is 0.371. The van der Waals surface area contributed by atoms with Gasteiger partial charge in [-0.15, -0.1) is 18.6 Å². The molecule has 236 valence electrons. The molecular formula is C35H45Cl2N2O3Ru-. The van der Waals surface area contributed by atoms with Crippen molar-refractivity contribution in [1.82, 2.24) is 0 Å². The standard InChI is InChI=1S/C23H30N.C10H11NO3.C2H4.2ClH.Ru/c1-6-18-12-11-13-19(7-2)21(18)24-17-23(5,16-22(24,3)4)20-14-9-8-10-15-20;1-7(2)14-10-5-4-9(11(12)13)6-8(10)3;1-2;;;/h8-15,17H,6-7,16H2,1-5H3;3-7H,1-2H3;1-2H2;2*1H;/q-1;;;;;+2/p-2. The first-order valence-corrected chi connectivity index (χ1v) is 19.9. The first kappa shape index (κ1) is 36.7. The SMILES string of the molecule is C=C.CC(C)Oc1ccc([N+](=O)[O-])cc1[CH]=[Ru]([Cl])[Cl].CCc1cccc(CC)c1N1[CH-]C(C)(c2ccccc2)CC1(C)C. The third-order valence-electron chi connectivity index (χ3n) is 7.26. The van der Waals surface area contributed by atoms with Crippen LogP contribution in [-0.2, 0) is 31.8 Å². The van der Waals surface area contributed by atoms with Crippen molar-refractivity contribution in [1.29, 1.82) is 0 Å². The molecule has 0 amide bonds. The number of anilines is 1. The van der Waals surface area contributed by atoms with Crippen LogP contribution in [0.5, 0.6) is 5.75 Å². The van der Waals surface area contributed by atoms with E-state index in [1.54, 1.807) is 10.7 Å². The van der Waals surface area contributed by atoms with Crippen molar-refractivity contribution in [3.8, 4) is 5.75 Å². The van der Waals surface area contributed by atoms with E-state index in [2.05, 4.69) is 108 Å². The van der Waals surface area contributed by atoms with Gasteiger partial charge in [0.15, 0.2) is 0 Å². The number of non-ortho nitro benzene ring substituents is 1. The van der Waals surface area contributed by atoms with Crippen molar-refractivity contribution in [3.05, 3.63) is 119 Å². The number of nitro benzene ring substituents is 1. The van der Waals surface area contributed by atoms with Crippen LogP contribution in [0.15, 0.2) is 79.9 Å². The average Bonchev–Trinajstić information content (AvgIpc) is 3.23. The number of halogens is 2. The van der Waals surface area contributed by atoms with E-state index in [0.717, 1.165) is 19.3 Å². The number of hydrogen-bond donors (Lipinski definition) is 0. The van der Waals surface area contributed by atoms with Crippen LogP contribution < -0.4 is 9.64 Å². The predicted octanol–water partition coefficient (Wildman–Crippen LogP) is 10.2. The van der Waals surface area contributed by atoms with Crippen LogP contribution in [0.25, 0.3) is 0 Å². The molecule has 1 heterocycles. The molecule has 4 rings (SSSR count). The van der Waals surface area contributed by atoms with Gasteiger partial charge in [0.25, 0.3) is 0 Å². The van der Waals surface area contributed by atoms with E-state index >= 15 is 0 Å². The number of para-hydroxylation sites is 1. The van der Waals surface area contributed by atoms with Gasteiger partial charge < -0.3 is 4.90 Å². The Kier molecular flexibility index (Phi) is 14.1. The fourth-order valence-corrected chi connectivity index (χ4v) is 7.33.